The zero-order valence-corrected chi connectivity index (χ0v) is 16.8. The van der Waals surface area contributed by atoms with E-state index in [1.807, 2.05) is 0 Å². The van der Waals surface area contributed by atoms with Crippen LogP contribution in [0.2, 0.25) is 0 Å². The molecule has 3 aromatic rings. The third-order valence-electron chi connectivity index (χ3n) is 4.29. The topological polar surface area (TPSA) is 125 Å². The fourth-order valence-corrected chi connectivity index (χ4v) is 3.52. The molecule has 0 radical (unpaired) electrons. The molecule has 0 fully saturated rings. The van der Waals surface area contributed by atoms with Gasteiger partial charge in [0.25, 0.3) is 11.5 Å². The van der Waals surface area contributed by atoms with Crippen LogP contribution < -0.4 is 11.0 Å². The molecule has 0 atom stereocenters. The maximum Gasteiger partial charge on any atom is 0.292 e. The minimum Gasteiger partial charge on any atom is -0.267 e. The molecule has 1 amide bonds. The molecule has 2 aromatic carbocycles. The summed E-state index contributed by atoms with van der Waals surface area (Å²) in [6.07, 6.45) is 0. The standard InChI is InChI=1S/C19H19N5O4S/c1-12(13-8-10-14(11-9-13)29(27,28)24(2)3)20-23-19(26)17-15-6-4-5-7-16(15)18(25)22-21-17/h4-11H,1-3H3,(H,22,25)(H,23,26)/b20-12-. The molecule has 150 valence electrons. The number of hydrogen-bond acceptors (Lipinski definition) is 6. The number of aromatic nitrogens is 2. The molecule has 0 saturated heterocycles. The van der Waals surface area contributed by atoms with E-state index in [-0.39, 0.29) is 16.1 Å². The van der Waals surface area contributed by atoms with Crippen molar-refractivity contribution in [1.82, 2.24) is 19.9 Å². The third-order valence-corrected chi connectivity index (χ3v) is 6.12. The predicted molar refractivity (Wildman–Crippen MR) is 109 cm³/mol. The van der Waals surface area contributed by atoms with Crippen LogP contribution in [0.25, 0.3) is 10.8 Å². The number of nitrogens with one attached hydrogen (secondary N) is 2. The van der Waals surface area contributed by atoms with E-state index in [4.69, 9.17) is 0 Å². The summed E-state index contributed by atoms with van der Waals surface area (Å²) >= 11 is 0. The lowest BCUT2D eigenvalue weighted by atomic mass is 10.1. The van der Waals surface area contributed by atoms with Gasteiger partial charge in [0.05, 0.1) is 16.0 Å². The molecule has 9 nitrogen and oxygen atoms in total. The Morgan fingerprint density at radius 2 is 1.69 bits per heavy atom. The van der Waals surface area contributed by atoms with E-state index in [2.05, 4.69) is 20.7 Å². The van der Waals surface area contributed by atoms with Crippen molar-refractivity contribution >= 4 is 32.4 Å². The lowest BCUT2D eigenvalue weighted by Gasteiger charge is -2.11. The Kier molecular flexibility index (Phi) is 5.57. The largest absolute Gasteiger partial charge is 0.292 e. The van der Waals surface area contributed by atoms with Crippen molar-refractivity contribution in [1.29, 1.82) is 0 Å². The van der Waals surface area contributed by atoms with Gasteiger partial charge in [0, 0.05) is 19.5 Å². The van der Waals surface area contributed by atoms with Crippen molar-refractivity contribution < 1.29 is 13.2 Å². The van der Waals surface area contributed by atoms with Gasteiger partial charge in [-0.3, -0.25) is 9.59 Å². The quantitative estimate of drug-likeness (QED) is 0.482. The van der Waals surface area contributed by atoms with Crippen molar-refractivity contribution in [3.05, 3.63) is 70.1 Å². The van der Waals surface area contributed by atoms with Gasteiger partial charge in [-0.2, -0.15) is 10.2 Å². The number of benzene rings is 2. The number of H-pyrrole nitrogens is 1. The van der Waals surface area contributed by atoms with Crippen LogP contribution in [0.5, 0.6) is 0 Å². The lowest BCUT2D eigenvalue weighted by Crippen LogP contribution is -2.23. The van der Waals surface area contributed by atoms with Gasteiger partial charge in [-0.05, 0) is 30.7 Å². The van der Waals surface area contributed by atoms with E-state index >= 15 is 0 Å². The van der Waals surface area contributed by atoms with E-state index in [9.17, 15) is 18.0 Å². The van der Waals surface area contributed by atoms with Gasteiger partial charge in [0.15, 0.2) is 5.69 Å². The van der Waals surface area contributed by atoms with Gasteiger partial charge in [0.1, 0.15) is 0 Å². The summed E-state index contributed by atoms with van der Waals surface area (Å²) in [5.41, 5.74) is 3.18. The Balaban J connectivity index is 1.83. The summed E-state index contributed by atoms with van der Waals surface area (Å²) in [6, 6.07) is 12.8. The van der Waals surface area contributed by atoms with Crippen LogP contribution in [0.3, 0.4) is 0 Å². The number of rotatable bonds is 5. The Hall–Kier alpha value is -3.37. The maximum absolute atomic E-state index is 12.5. The van der Waals surface area contributed by atoms with E-state index in [1.54, 1.807) is 43.3 Å². The number of carbonyl (C=O) groups excluding carboxylic acids is 1. The first kappa shape index (κ1) is 20.4. The molecule has 2 N–H and O–H groups in total. The number of aromatic amines is 1. The van der Waals surface area contributed by atoms with Crippen LogP contribution >= 0.6 is 0 Å². The number of amides is 1. The summed E-state index contributed by atoms with van der Waals surface area (Å²) < 4.78 is 25.4. The van der Waals surface area contributed by atoms with E-state index < -0.39 is 15.9 Å². The number of carbonyl (C=O) groups is 1. The summed E-state index contributed by atoms with van der Waals surface area (Å²) in [5, 5.41) is 10.9. The Labute approximate surface area is 167 Å². The highest BCUT2D eigenvalue weighted by Crippen LogP contribution is 2.15. The van der Waals surface area contributed by atoms with Crippen LogP contribution in [0.15, 0.2) is 63.3 Å². The number of hydrazone groups is 1. The highest BCUT2D eigenvalue weighted by Gasteiger charge is 2.17. The van der Waals surface area contributed by atoms with Crippen LogP contribution in [-0.2, 0) is 10.0 Å². The fourth-order valence-electron chi connectivity index (χ4n) is 2.62. The number of nitrogens with zero attached hydrogens (tertiary/aromatic N) is 3. The summed E-state index contributed by atoms with van der Waals surface area (Å²) in [7, 11) is -0.602. The van der Waals surface area contributed by atoms with Gasteiger partial charge >= 0.3 is 0 Å². The lowest BCUT2D eigenvalue weighted by molar-refractivity contribution is 0.0950. The molecule has 0 unspecified atom stereocenters. The maximum atomic E-state index is 12.5. The first-order chi connectivity index (χ1) is 13.7. The van der Waals surface area contributed by atoms with Crippen LogP contribution in [-0.4, -0.2) is 48.6 Å². The molecule has 29 heavy (non-hydrogen) atoms. The molecule has 0 aliphatic carbocycles. The molecule has 0 bridgehead atoms. The van der Waals surface area contributed by atoms with Crippen molar-refractivity contribution in [3.63, 3.8) is 0 Å². The normalized spacial score (nSPS) is 12.3. The predicted octanol–water partition coefficient (Wildman–Crippen LogP) is 1.33. The second-order valence-electron chi connectivity index (χ2n) is 6.40. The first-order valence-electron chi connectivity index (χ1n) is 8.57. The zero-order chi connectivity index (χ0) is 21.2. The minimum atomic E-state index is -3.52. The van der Waals surface area contributed by atoms with E-state index in [0.29, 0.717) is 22.0 Å². The summed E-state index contributed by atoms with van der Waals surface area (Å²) in [4.78, 5) is 24.5. The molecule has 1 heterocycles. The smallest absolute Gasteiger partial charge is 0.267 e. The van der Waals surface area contributed by atoms with Gasteiger partial charge in [-0.1, -0.05) is 30.3 Å². The molecular weight excluding hydrogens is 394 g/mol. The molecule has 0 aliphatic rings. The van der Waals surface area contributed by atoms with Gasteiger partial charge in [-0.15, -0.1) is 0 Å². The molecule has 0 saturated carbocycles. The van der Waals surface area contributed by atoms with Crippen molar-refractivity contribution in [2.24, 2.45) is 5.10 Å². The van der Waals surface area contributed by atoms with E-state index in [1.165, 1.54) is 26.2 Å². The monoisotopic (exact) mass is 413 g/mol. The summed E-state index contributed by atoms with van der Waals surface area (Å²) in [5.74, 6) is -0.580. The van der Waals surface area contributed by atoms with Gasteiger partial charge < -0.3 is 0 Å². The van der Waals surface area contributed by atoms with Crippen LogP contribution in [0.1, 0.15) is 23.0 Å². The molecule has 0 spiro atoms. The highest BCUT2D eigenvalue weighted by molar-refractivity contribution is 7.89. The molecule has 1 aromatic heterocycles. The van der Waals surface area contributed by atoms with Crippen LogP contribution in [0, 0.1) is 0 Å². The second kappa shape index (κ2) is 7.94. The van der Waals surface area contributed by atoms with Crippen molar-refractivity contribution in [2.75, 3.05) is 14.1 Å². The molecule has 0 aliphatic heterocycles. The number of hydrogen-bond donors (Lipinski definition) is 2. The SMILES string of the molecule is C/C(=N/NC(=O)c1n[nH]c(=O)c2ccccc12)c1ccc(S(=O)(=O)N(C)C)cc1. The summed E-state index contributed by atoms with van der Waals surface area (Å²) in [6.45, 7) is 1.67. The van der Waals surface area contributed by atoms with Crippen molar-refractivity contribution in [2.45, 2.75) is 11.8 Å². The van der Waals surface area contributed by atoms with Crippen molar-refractivity contribution in [3.8, 4) is 0 Å². The van der Waals surface area contributed by atoms with Gasteiger partial charge in [-0.25, -0.2) is 23.2 Å². The Morgan fingerprint density at radius 1 is 1.07 bits per heavy atom. The highest BCUT2D eigenvalue weighted by atomic mass is 32.2. The average Bonchev–Trinajstić information content (AvgIpc) is 2.72. The third kappa shape index (κ3) is 4.08. The minimum absolute atomic E-state index is 0.0455. The zero-order valence-electron chi connectivity index (χ0n) is 16.0. The molecule has 10 heteroatoms. The fraction of sp³-hybridized carbons (Fsp3) is 0.158. The number of fused-ring (bicyclic) bond motifs is 1. The second-order valence-corrected chi connectivity index (χ2v) is 8.55. The number of sulfonamides is 1. The molecular formula is C19H19N5O4S. The Morgan fingerprint density at radius 3 is 2.31 bits per heavy atom. The Bertz CT molecular complexity index is 1260. The first-order valence-corrected chi connectivity index (χ1v) is 10.0. The van der Waals surface area contributed by atoms with Gasteiger partial charge in [0.2, 0.25) is 10.0 Å². The molecule has 3 rings (SSSR count). The average molecular weight is 413 g/mol. The van der Waals surface area contributed by atoms with Crippen LogP contribution in [0.4, 0.5) is 0 Å². The van der Waals surface area contributed by atoms with E-state index in [0.717, 1.165) is 4.31 Å².